The van der Waals surface area contributed by atoms with Gasteiger partial charge in [0.2, 0.25) is 0 Å². The fraction of sp³-hybridized carbons (Fsp3) is 0.200. The van der Waals surface area contributed by atoms with Gasteiger partial charge in [-0.3, -0.25) is 0 Å². The second-order valence-electron chi connectivity index (χ2n) is 4.66. The highest BCUT2D eigenvalue weighted by Crippen LogP contribution is 2.41. The largest absolute Gasteiger partial charge is 0.396 e. The molecule has 0 aliphatic rings. The van der Waals surface area contributed by atoms with E-state index in [2.05, 4.69) is 26.0 Å². The molecule has 0 aliphatic heterocycles. The Bertz CT molecular complexity index is 537. The number of hydrogen-bond acceptors (Lipinski definition) is 2. The lowest BCUT2D eigenvalue weighted by molar-refractivity contribution is 0.631. The Kier molecular flexibility index (Phi) is 3.62. The number of nitrogen functional groups attached to an aromatic ring is 1. The maximum atomic E-state index is 13.1. The van der Waals surface area contributed by atoms with Gasteiger partial charge >= 0.3 is 0 Å². The number of rotatable bonds is 3. The maximum absolute atomic E-state index is 13.1. The second-order valence-corrected chi connectivity index (χ2v) is 6.36. The molecule has 0 saturated carbocycles. The van der Waals surface area contributed by atoms with E-state index in [0.29, 0.717) is 0 Å². The van der Waals surface area contributed by atoms with Crippen molar-refractivity contribution in [1.82, 2.24) is 0 Å². The van der Waals surface area contributed by atoms with Gasteiger partial charge < -0.3 is 5.73 Å². The second kappa shape index (κ2) is 5.02. The Morgan fingerprint density at radius 2 is 1.72 bits per heavy atom. The number of benzene rings is 2. The first-order valence-corrected chi connectivity index (χ1v) is 6.60. The molecule has 2 aromatic rings. The Morgan fingerprint density at radius 1 is 1.06 bits per heavy atom. The van der Waals surface area contributed by atoms with E-state index in [-0.39, 0.29) is 16.3 Å². The molecule has 0 radical (unpaired) electrons. The van der Waals surface area contributed by atoms with Gasteiger partial charge in [0.15, 0.2) is 0 Å². The molecule has 18 heavy (non-hydrogen) atoms. The summed E-state index contributed by atoms with van der Waals surface area (Å²) in [5.41, 5.74) is 7.02. The van der Waals surface area contributed by atoms with Crippen molar-refractivity contribution in [2.45, 2.75) is 23.5 Å². The Morgan fingerprint density at radius 3 is 2.33 bits per heavy atom. The lowest BCUT2D eigenvalue weighted by atomic mass is 10.0. The lowest BCUT2D eigenvalue weighted by Gasteiger charge is -2.24. The average molecular weight is 261 g/mol. The van der Waals surface area contributed by atoms with Crippen molar-refractivity contribution in [2.24, 2.45) is 0 Å². The zero-order chi connectivity index (χ0) is 13.2. The number of halogens is 1. The van der Waals surface area contributed by atoms with Gasteiger partial charge in [0.05, 0.1) is 5.69 Å². The zero-order valence-electron chi connectivity index (χ0n) is 10.5. The summed E-state index contributed by atoms with van der Waals surface area (Å²) in [4.78, 5) is 0.975. The van der Waals surface area contributed by atoms with Crippen LogP contribution in [0.2, 0.25) is 0 Å². The van der Waals surface area contributed by atoms with E-state index >= 15 is 0 Å². The monoisotopic (exact) mass is 261 g/mol. The molecule has 0 aromatic heterocycles. The van der Waals surface area contributed by atoms with Crippen LogP contribution in [0, 0.1) is 5.82 Å². The molecular weight excluding hydrogens is 245 g/mol. The first-order valence-electron chi connectivity index (χ1n) is 5.78. The van der Waals surface area contributed by atoms with Gasteiger partial charge in [-0.2, -0.15) is 0 Å². The predicted octanol–water partition coefficient (Wildman–Crippen LogP) is 4.44. The van der Waals surface area contributed by atoms with Crippen LogP contribution in [0.1, 0.15) is 19.4 Å². The van der Waals surface area contributed by atoms with Crippen LogP contribution in [0.4, 0.5) is 10.1 Å². The standard InChI is InChI=1S/C15H16FNS/c1-15(2,11-6-4-3-5-7-11)18-12-8-9-13(16)14(17)10-12/h3-10H,17H2,1-2H3. The first-order chi connectivity index (χ1) is 8.49. The van der Waals surface area contributed by atoms with Crippen LogP contribution in [0.15, 0.2) is 53.4 Å². The summed E-state index contributed by atoms with van der Waals surface area (Å²) in [6.45, 7) is 4.29. The van der Waals surface area contributed by atoms with Gasteiger partial charge in [0.25, 0.3) is 0 Å². The summed E-state index contributed by atoms with van der Waals surface area (Å²) in [6, 6.07) is 15.1. The van der Waals surface area contributed by atoms with Crippen LogP contribution in [-0.2, 0) is 4.75 Å². The van der Waals surface area contributed by atoms with Crippen LogP contribution < -0.4 is 5.73 Å². The van der Waals surface area contributed by atoms with E-state index in [9.17, 15) is 4.39 Å². The fourth-order valence-electron chi connectivity index (χ4n) is 1.78. The Balaban J connectivity index is 2.25. The number of thioether (sulfide) groups is 1. The Hall–Kier alpha value is -1.48. The molecule has 0 amide bonds. The van der Waals surface area contributed by atoms with Crippen molar-refractivity contribution < 1.29 is 4.39 Å². The van der Waals surface area contributed by atoms with Gasteiger partial charge in [0.1, 0.15) is 5.82 Å². The third-order valence-electron chi connectivity index (χ3n) is 2.81. The molecule has 0 fully saturated rings. The van der Waals surface area contributed by atoms with Gasteiger partial charge in [-0.1, -0.05) is 30.3 Å². The van der Waals surface area contributed by atoms with E-state index < -0.39 is 0 Å². The smallest absolute Gasteiger partial charge is 0.146 e. The number of nitrogens with two attached hydrogens (primary N) is 1. The number of anilines is 1. The van der Waals surface area contributed by atoms with Crippen LogP contribution in [0.3, 0.4) is 0 Å². The molecule has 2 aromatic carbocycles. The maximum Gasteiger partial charge on any atom is 0.146 e. The summed E-state index contributed by atoms with van der Waals surface area (Å²) < 4.78 is 13.0. The van der Waals surface area contributed by atoms with Gasteiger partial charge in [-0.15, -0.1) is 11.8 Å². The van der Waals surface area contributed by atoms with Crippen molar-refractivity contribution in [3.63, 3.8) is 0 Å². The van der Waals surface area contributed by atoms with Crippen LogP contribution >= 0.6 is 11.8 Å². The van der Waals surface area contributed by atoms with Crippen molar-refractivity contribution >= 4 is 17.4 Å². The third-order valence-corrected chi connectivity index (χ3v) is 4.05. The van der Waals surface area contributed by atoms with Crippen molar-refractivity contribution in [3.8, 4) is 0 Å². The van der Waals surface area contributed by atoms with E-state index in [1.54, 1.807) is 23.9 Å². The third kappa shape index (κ3) is 2.85. The molecule has 0 bridgehead atoms. The van der Waals surface area contributed by atoms with Crippen molar-refractivity contribution in [3.05, 3.63) is 59.9 Å². The molecule has 94 valence electrons. The van der Waals surface area contributed by atoms with Crippen LogP contribution in [-0.4, -0.2) is 0 Å². The molecule has 0 heterocycles. The molecular formula is C15H16FNS. The summed E-state index contributed by atoms with van der Waals surface area (Å²) in [5.74, 6) is -0.364. The molecule has 1 nitrogen and oxygen atoms in total. The highest BCUT2D eigenvalue weighted by molar-refractivity contribution is 8.00. The van der Waals surface area contributed by atoms with E-state index in [4.69, 9.17) is 5.73 Å². The van der Waals surface area contributed by atoms with Crippen LogP contribution in [0.5, 0.6) is 0 Å². The highest BCUT2D eigenvalue weighted by Gasteiger charge is 2.21. The minimum Gasteiger partial charge on any atom is -0.396 e. The minimum absolute atomic E-state index is 0.0778. The molecule has 0 spiro atoms. The fourth-order valence-corrected chi connectivity index (χ4v) is 2.94. The van der Waals surface area contributed by atoms with Gasteiger partial charge in [-0.25, -0.2) is 4.39 Å². The summed E-state index contributed by atoms with van der Waals surface area (Å²) in [7, 11) is 0. The molecule has 0 aliphatic carbocycles. The minimum atomic E-state index is -0.364. The quantitative estimate of drug-likeness (QED) is 0.653. The van der Waals surface area contributed by atoms with Gasteiger partial charge in [-0.05, 0) is 37.6 Å². The summed E-state index contributed by atoms with van der Waals surface area (Å²) in [5, 5.41) is 0. The molecule has 2 N–H and O–H groups in total. The molecule has 0 atom stereocenters. The lowest BCUT2D eigenvalue weighted by Crippen LogP contribution is -2.11. The Labute approximate surface area is 111 Å². The SMILES string of the molecule is CC(C)(Sc1ccc(F)c(N)c1)c1ccccc1. The zero-order valence-corrected chi connectivity index (χ0v) is 11.3. The molecule has 3 heteroatoms. The highest BCUT2D eigenvalue weighted by atomic mass is 32.2. The summed E-state index contributed by atoms with van der Waals surface area (Å²) in [6.07, 6.45) is 0. The molecule has 0 saturated heterocycles. The summed E-state index contributed by atoms with van der Waals surface area (Å²) >= 11 is 1.68. The van der Waals surface area contributed by atoms with Crippen LogP contribution in [0.25, 0.3) is 0 Å². The molecule has 0 unspecified atom stereocenters. The van der Waals surface area contributed by atoms with E-state index in [1.165, 1.54) is 11.6 Å². The van der Waals surface area contributed by atoms with Crippen molar-refractivity contribution in [2.75, 3.05) is 5.73 Å². The number of hydrogen-bond donors (Lipinski definition) is 1. The van der Waals surface area contributed by atoms with Crippen molar-refractivity contribution in [1.29, 1.82) is 0 Å². The normalized spacial score (nSPS) is 11.5. The molecule has 2 rings (SSSR count). The topological polar surface area (TPSA) is 26.0 Å². The average Bonchev–Trinajstić information content (AvgIpc) is 2.35. The van der Waals surface area contributed by atoms with Gasteiger partial charge in [0, 0.05) is 9.64 Å². The first kappa shape index (κ1) is 13.0. The van der Waals surface area contributed by atoms with E-state index in [1.807, 2.05) is 18.2 Å². The van der Waals surface area contributed by atoms with E-state index in [0.717, 1.165) is 4.90 Å². The predicted molar refractivity (Wildman–Crippen MR) is 76.1 cm³/mol.